The van der Waals surface area contributed by atoms with E-state index in [1.165, 1.54) is 5.56 Å². The van der Waals surface area contributed by atoms with E-state index in [0.717, 1.165) is 31.7 Å². The van der Waals surface area contributed by atoms with Gasteiger partial charge in [0.1, 0.15) is 0 Å². The van der Waals surface area contributed by atoms with Crippen LogP contribution in [0.5, 0.6) is 0 Å². The molecule has 1 aliphatic heterocycles. The smallest absolute Gasteiger partial charge is 0.309 e. The molecule has 2 aromatic rings. The van der Waals surface area contributed by atoms with Crippen LogP contribution in [-0.4, -0.2) is 61.4 Å². The van der Waals surface area contributed by atoms with Crippen molar-refractivity contribution in [2.75, 3.05) is 39.8 Å². The summed E-state index contributed by atoms with van der Waals surface area (Å²) in [7, 11) is 2.11. The minimum atomic E-state index is -0.627. The lowest BCUT2D eigenvalue weighted by Crippen LogP contribution is -2.49. The summed E-state index contributed by atoms with van der Waals surface area (Å²) >= 11 is 7.49. The Hall–Kier alpha value is -1.93. The average Bonchev–Trinajstić information content (AvgIpc) is 3.23. The number of hydrogen-bond donors (Lipinski definition) is 2. The Labute approximate surface area is 174 Å². The lowest BCUT2D eigenvalue weighted by molar-refractivity contribution is -0.139. The van der Waals surface area contributed by atoms with E-state index in [9.17, 15) is 9.59 Å². The van der Waals surface area contributed by atoms with Gasteiger partial charge >= 0.3 is 11.8 Å². The Morgan fingerprint density at radius 1 is 1.07 bits per heavy atom. The third-order valence-corrected chi connectivity index (χ3v) is 5.89. The zero-order valence-electron chi connectivity index (χ0n) is 15.9. The molecule has 0 bridgehead atoms. The van der Waals surface area contributed by atoms with Crippen molar-refractivity contribution in [1.29, 1.82) is 0 Å². The highest BCUT2D eigenvalue weighted by Gasteiger charge is 2.25. The van der Waals surface area contributed by atoms with Gasteiger partial charge in [0.2, 0.25) is 0 Å². The van der Waals surface area contributed by atoms with Crippen LogP contribution in [0.15, 0.2) is 41.1 Å². The van der Waals surface area contributed by atoms with E-state index >= 15 is 0 Å². The van der Waals surface area contributed by atoms with Gasteiger partial charge < -0.3 is 15.5 Å². The standard InChI is InChI=1S/C20H25ClN4O2S/c1-24-7-9-25(10-8-24)18(16-6-11-28-14-16)13-23-20(27)19(26)22-12-15-2-4-17(21)5-3-15/h2-6,11,14,18H,7-10,12-13H2,1H3,(H,22,26)(H,23,27)/t18-/m0/s1. The average molecular weight is 421 g/mol. The second-order valence-electron chi connectivity index (χ2n) is 6.93. The number of halogens is 1. The van der Waals surface area contributed by atoms with Crippen LogP contribution in [0.1, 0.15) is 17.2 Å². The van der Waals surface area contributed by atoms with Gasteiger partial charge in [-0.25, -0.2) is 0 Å². The molecule has 1 aromatic heterocycles. The zero-order valence-corrected chi connectivity index (χ0v) is 17.4. The van der Waals surface area contributed by atoms with Crippen LogP contribution in [0, 0.1) is 0 Å². The summed E-state index contributed by atoms with van der Waals surface area (Å²) in [6, 6.07) is 9.31. The molecule has 2 amide bonds. The molecule has 6 nitrogen and oxygen atoms in total. The fourth-order valence-electron chi connectivity index (χ4n) is 3.19. The minimum absolute atomic E-state index is 0.0768. The first-order chi connectivity index (χ1) is 13.5. The lowest BCUT2D eigenvalue weighted by atomic mass is 10.1. The van der Waals surface area contributed by atoms with Gasteiger partial charge in [0.15, 0.2) is 0 Å². The number of rotatable bonds is 6. The van der Waals surface area contributed by atoms with Gasteiger partial charge in [-0.05, 0) is 47.1 Å². The van der Waals surface area contributed by atoms with Crippen molar-refractivity contribution in [2.24, 2.45) is 0 Å². The topological polar surface area (TPSA) is 64.7 Å². The van der Waals surface area contributed by atoms with E-state index in [0.29, 0.717) is 11.6 Å². The van der Waals surface area contributed by atoms with Gasteiger partial charge in [0.25, 0.3) is 0 Å². The summed E-state index contributed by atoms with van der Waals surface area (Å²) in [5, 5.41) is 10.2. The number of nitrogens with one attached hydrogen (secondary N) is 2. The highest BCUT2D eigenvalue weighted by Crippen LogP contribution is 2.23. The van der Waals surface area contributed by atoms with Crippen molar-refractivity contribution < 1.29 is 9.59 Å². The molecule has 2 heterocycles. The number of thiophene rings is 1. The molecule has 0 radical (unpaired) electrons. The Morgan fingerprint density at radius 3 is 2.39 bits per heavy atom. The van der Waals surface area contributed by atoms with Crippen LogP contribution in [0.2, 0.25) is 5.02 Å². The molecule has 1 aliphatic rings. The number of likely N-dealkylation sites (N-methyl/N-ethyl adjacent to an activating group) is 1. The largest absolute Gasteiger partial charge is 0.346 e. The highest BCUT2D eigenvalue weighted by molar-refractivity contribution is 7.08. The molecule has 1 saturated heterocycles. The molecule has 150 valence electrons. The van der Waals surface area contributed by atoms with Gasteiger partial charge in [-0.3, -0.25) is 14.5 Å². The molecule has 1 atom stereocenters. The Balaban J connectivity index is 1.52. The van der Waals surface area contributed by atoms with E-state index in [1.54, 1.807) is 23.5 Å². The van der Waals surface area contributed by atoms with E-state index in [1.807, 2.05) is 17.5 Å². The maximum Gasteiger partial charge on any atom is 0.309 e. The van der Waals surface area contributed by atoms with Crippen molar-refractivity contribution in [3.63, 3.8) is 0 Å². The number of hydrogen-bond acceptors (Lipinski definition) is 5. The third kappa shape index (κ3) is 5.78. The molecule has 0 unspecified atom stereocenters. The molecule has 1 fully saturated rings. The zero-order chi connectivity index (χ0) is 19.9. The van der Waals surface area contributed by atoms with Crippen LogP contribution < -0.4 is 10.6 Å². The van der Waals surface area contributed by atoms with Crippen LogP contribution in [0.25, 0.3) is 0 Å². The summed E-state index contributed by atoms with van der Waals surface area (Å²) in [6.45, 7) is 4.57. The number of nitrogens with zero attached hydrogens (tertiary/aromatic N) is 2. The molecule has 0 aliphatic carbocycles. The molecular formula is C20H25ClN4O2S. The first-order valence-electron chi connectivity index (χ1n) is 9.28. The highest BCUT2D eigenvalue weighted by atomic mass is 35.5. The summed E-state index contributed by atoms with van der Waals surface area (Å²) in [5.41, 5.74) is 2.07. The molecule has 2 N–H and O–H groups in total. The van der Waals surface area contributed by atoms with Crippen LogP contribution in [0.4, 0.5) is 0 Å². The third-order valence-electron chi connectivity index (χ3n) is 4.94. The fraction of sp³-hybridized carbons (Fsp3) is 0.400. The Bertz CT molecular complexity index is 774. The van der Waals surface area contributed by atoms with Crippen molar-refractivity contribution in [3.8, 4) is 0 Å². The predicted molar refractivity (Wildman–Crippen MR) is 112 cm³/mol. The molecule has 0 saturated carbocycles. The summed E-state index contributed by atoms with van der Waals surface area (Å²) in [4.78, 5) is 29.1. The second-order valence-corrected chi connectivity index (χ2v) is 8.15. The molecule has 0 spiro atoms. The van der Waals surface area contributed by atoms with Crippen molar-refractivity contribution >= 4 is 34.8 Å². The van der Waals surface area contributed by atoms with Crippen LogP contribution in [0.3, 0.4) is 0 Å². The Morgan fingerprint density at radius 2 is 1.75 bits per heavy atom. The molecule has 8 heteroatoms. The van der Waals surface area contributed by atoms with Crippen LogP contribution >= 0.6 is 22.9 Å². The number of piperazine rings is 1. The maximum absolute atomic E-state index is 12.3. The molecule has 3 rings (SSSR count). The summed E-state index contributed by atoms with van der Waals surface area (Å²) in [6.07, 6.45) is 0. The van der Waals surface area contributed by atoms with Crippen molar-refractivity contribution in [1.82, 2.24) is 20.4 Å². The van der Waals surface area contributed by atoms with Gasteiger partial charge in [-0.2, -0.15) is 11.3 Å². The minimum Gasteiger partial charge on any atom is -0.346 e. The monoisotopic (exact) mass is 420 g/mol. The molecule has 28 heavy (non-hydrogen) atoms. The number of carbonyl (C=O) groups is 2. The van der Waals surface area contributed by atoms with E-state index in [2.05, 4.69) is 38.9 Å². The SMILES string of the molecule is CN1CCN([C@@H](CNC(=O)C(=O)NCc2ccc(Cl)cc2)c2ccsc2)CC1. The Kier molecular flexibility index (Phi) is 7.44. The number of benzene rings is 1. The quantitative estimate of drug-likeness (QED) is 0.702. The van der Waals surface area contributed by atoms with Gasteiger partial charge in [0, 0.05) is 44.3 Å². The fourth-order valence-corrected chi connectivity index (χ4v) is 4.02. The first-order valence-corrected chi connectivity index (χ1v) is 10.6. The first kappa shape index (κ1) is 20.8. The number of carbonyl (C=O) groups excluding carboxylic acids is 2. The van der Waals surface area contributed by atoms with Gasteiger partial charge in [0.05, 0.1) is 6.04 Å². The van der Waals surface area contributed by atoms with E-state index in [-0.39, 0.29) is 12.6 Å². The summed E-state index contributed by atoms with van der Waals surface area (Å²) in [5.74, 6) is -1.24. The van der Waals surface area contributed by atoms with E-state index in [4.69, 9.17) is 11.6 Å². The maximum atomic E-state index is 12.3. The van der Waals surface area contributed by atoms with Gasteiger partial charge in [-0.15, -0.1) is 0 Å². The normalized spacial score (nSPS) is 16.5. The van der Waals surface area contributed by atoms with Crippen molar-refractivity contribution in [2.45, 2.75) is 12.6 Å². The number of amides is 2. The van der Waals surface area contributed by atoms with E-state index < -0.39 is 11.8 Å². The van der Waals surface area contributed by atoms with Crippen molar-refractivity contribution in [3.05, 3.63) is 57.2 Å². The molecular weight excluding hydrogens is 396 g/mol. The molecule has 1 aromatic carbocycles. The van der Waals surface area contributed by atoms with Crippen LogP contribution in [-0.2, 0) is 16.1 Å². The summed E-state index contributed by atoms with van der Waals surface area (Å²) < 4.78 is 0. The predicted octanol–water partition coefficient (Wildman–Crippen LogP) is 2.12. The lowest BCUT2D eigenvalue weighted by Gasteiger charge is -2.37. The second kappa shape index (κ2) is 10.0. The van der Waals surface area contributed by atoms with Gasteiger partial charge in [-0.1, -0.05) is 23.7 Å².